The minimum Gasteiger partial charge on any atom is -0.467 e. The maximum Gasteiger partial charge on any atom is 0.337 e. The van der Waals surface area contributed by atoms with Gasteiger partial charge >= 0.3 is 5.97 Å². The lowest BCUT2D eigenvalue weighted by Crippen LogP contribution is -2.35. The van der Waals surface area contributed by atoms with E-state index in [0.717, 1.165) is 5.56 Å². The van der Waals surface area contributed by atoms with Crippen molar-refractivity contribution in [1.29, 1.82) is 0 Å². The first kappa shape index (κ1) is 15.0. The second-order valence-electron chi connectivity index (χ2n) is 5.12. The van der Waals surface area contributed by atoms with Gasteiger partial charge in [0.05, 0.1) is 20.3 Å². The third kappa shape index (κ3) is 3.79. The fourth-order valence-corrected chi connectivity index (χ4v) is 2.14. The predicted octanol–water partition coefficient (Wildman–Crippen LogP) is 1.90. The quantitative estimate of drug-likeness (QED) is 0.771. The van der Waals surface area contributed by atoms with Crippen LogP contribution in [0, 0.1) is 0 Å². The summed E-state index contributed by atoms with van der Waals surface area (Å²) in [5.74, 6) is -1.25. The summed E-state index contributed by atoms with van der Waals surface area (Å²) in [4.78, 5) is 11.7. The van der Waals surface area contributed by atoms with Crippen LogP contribution >= 0.6 is 0 Å². The largest absolute Gasteiger partial charge is 0.467 e. The summed E-state index contributed by atoms with van der Waals surface area (Å²) in [5.41, 5.74) is 1.07. The Morgan fingerprint density at radius 2 is 1.95 bits per heavy atom. The molecule has 0 aliphatic carbocycles. The standard InChI is InChI=1S/C15H20O5/c1-15(2)19-12(13(20-15)14(16)17-3)10-18-9-11-7-5-4-6-8-11/h4-8,12-13H,9-10H2,1-3H3/t12-,13-/m1/s1. The van der Waals surface area contributed by atoms with Crippen molar-refractivity contribution in [3.63, 3.8) is 0 Å². The number of benzene rings is 1. The molecular weight excluding hydrogens is 260 g/mol. The van der Waals surface area contributed by atoms with Crippen molar-refractivity contribution in [3.8, 4) is 0 Å². The number of hydrogen-bond donors (Lipinski definition) is 0. The molecule has 1 fully saturated rings. The molecule has 0 spiro atoms. The zero-order chi connectivity index (χ0) is 14.6. The average molecular weight is 280 g/mol. The molecule has 2 atom stereocenters. The van der Waals surface area contributed by atoms with Gasteiger partial charge in [-0.15, -0.1) is 0 Å². The first-order valence-corrected chi connectivity index (χ1v) is 6.57. The number of methoxy groups -OCH3 is 1. The lowest BCUT2D eigenvalue weighted by Gasteiger charge is -2.16. The van der Waals surface area contributed by atoms with Crippen LogP contribution < -0.4 is 0 Å². The molecule has 0 amide bonds. The van der Waals surface area contributed by atoms with Gasteiger partial charge in [-0.25, -0.2) is 4.79 Å². The van der Waals surface area contributed by atoms with Crippen LogP contribution in [0.5, 0.6) is 0 Å². The van der Waals surface area contributed by atoms with Crippen LogP contribution in [0.1, 0.15) is 19.4 Å². The second kappa shape index (κ2) is 6.35. The van der Waals surface area contributed by atoms with Gasteiger partial charge < -0.3 is 18.9 Å². The van der Waals surface area contributed by atoms with E-state index in [4.69, 9.17) is 18.9 Å². The molecular formula is C15H20O5. The van der Waals surface area contributed by atoms with Crippen LogP contribution in [0.2, 0.25) is 0 Å². The molecule has 0 saturated carbocycles. The molecule has 1 aliphatic rings. The van der Waals surface area contributed by atoms with E-state index in [0.29, 0.717) is 6.61 Å². The molecule has 1 aromatic rings. The smallest absolute Gasteiger partial charge is 0.337 e. The molecule has 0 N–H and O–H groups in total. The van der Waals surface area contributed by atoms with Gasteiger partial charge in [-0.2, -0.15) is 0 Å². The molecule has 0 bridgehead atoms. The summed E-state index contributed by atoms with van der Waals surface area (Å²) in [6.45, 7) is 4.27. The maximum atomic E-state index is 11.7. The van der Waals surface area contributed by atoms with Crippen LogP contribution in [-0.4, -0.2) is 37.7 Å². The summed E-state index contributed by atoms with van der Waals surface area (Å²) in [5, 5.41) is 0. The molecule has 5 heteroatoms. The highest BCUT2D eigenvalue weighted by atomic mass is 16.8. The lowest BCUT2D eigenvalue weighted by atomic mass is 10.2. The molecule has 0 unspecified atom stereocenters. The van der Waals surface area contributed by atoms with Crippen molar-refractivity contribution in [1.82, 2.24) is 0 Å². The summed E-state index contributed by atoms with van der Waals surface area (Å²) in [6.07, 6.45) is -1.20. The van der Waals surface area contributed by atoms with E-state index in [9.17, 15) is 4.79 Å². The molecule has 1 aromatic carbocycles. The van der Waals surface area contributed by atoms with Gasteiger partial charge in [-0.05, 0) is 19.4 Å². The van der Waals surface area contributed by atoms with Crippen molar-refractivity contribution in [2.45, 2.75) is 38.4 Å². The van der Waals surface area contributed by atoms with Gasteiger partial charge in [0.15, 0.2) is 11.9 Å². The highest BCUT2D eigenvalue weighted by Gasteiger charge is 2.45. The number of carbonyl (C=O) groups excluding carboxylic acids is 1. The Morgan fingerprint density at radius 3 is 2.60 bits per heavy atom. The first-order valence-electron chi connectivity index (χ1n) is 6.57. The number of hydrogen-bond acceptors (Lipinski definition) is 5. The van der Waals surface area contributed by atoms with Crippen molar-refractivity contribution >= 4 is 5.97 Å². The lowest BCUT2D eigenvalue weighted by molar-refractivity contribution is -0.168. The number of carbonyl (C=O) groups is 1. The van der Waals surface area contributed by atoms with Gasteiger partial charge in [-0.3, -0.25) is 0 Å². The van der Waals surface area contributed by atoms with E-state index in [1.165, 1.54) is 7.11 Å². The zero-order valence-corrected chi connectivity index (χ0v) is 12.0. The summed E-state index contributed by atoms with van der Waals surface area (Å²) in [7, 11) is 1.33. The van der Waals surface area contributed by atoms with Gasteiger partial charge in [0.1, 0.15) is 6.10 Å². The summed E-state index contributed by atoms with van der Waals surface area (Å²) >= 11 is 0. The Morgan fingerprint density at radius 1 is 1.25 bits per heavy atom. The SMILES string of the molecule is COC(=O)[C@@H]1OC(C)(C)O[C@@H]1COCc1ccccc1. The molecule has 5 nitrogen and oxygen atoms in total. The van der Waals surface area contributed by atoms with E-state index >= 15 is 0 Å². The average Bonchev–Trinajstić information content (AvgIpc) is 2.74. The predicted molar refractivity (Wildman–Crippen MR) is 71.9 cm³/mol. The topological polar surface area (TPSA) is 54.0 Å². The third-order valence-corrected chi connectivity index (χ3v) is 3.01. The zero-order valence-electron chi connectivity index (χ0n) is 12.0. The number of rotatable bonds is 5. The Kier molecular flexibility index (Phi) is 4.75. The second-order valence-corrected chi connectivity index (χ2v) is 5.12. The van der Waals surface area contributed by atoms with Crippen LogP contribution in [0.4, 0.5) is 0 Å². The summed E-state index contributed by atoms with van der Waals surface area (Å²) < 4.78 is 21.5. The molecule has 0 radical (unpaired) electrons. The third-order valence-electron chi connectivity index (χ3n) is 3.01. The first-order chi connectivity index (χ1) is 9.52. The Hall–Kier alpha value is -1.43. The van der Waals surface area contributed by atoms with E-state index in [2.05, 4.69) is 0 Å². The molecule has 1 aliphatic heterocycles. The number of ether oxygens (including phenoxy) is 4. The van der Waals surface area contributed by atoms with Crippen LogP contribution in [0.25, 0.3) is 0 Å². The molecule has 20 heavy (non-hydrogen) atoms. The van der Waals surface area contributed by atoms with Gasteiger partial charge in [-0.1, -0.05) is 30.3 Å². The van der Waals surface area contributed by atoms with E-state index in [1.807, 2.05) is 30.3 Å². The maximum absolute atomic E-state index is 11.7. The van der Waals surface area contributed by atoms with Crippen molar-refractivity contribution < 1.29 is 23.7 Å². The Balaban J connectivity index is 1.88. The fourth-order valence-electron chi connectivity index (χ4n) is 2.14. The van der Waals surface area contributed by atoms with E-state index < -0.39 is 24.0 Å². The van der Waals surface area contributed by atoms with Crippen molar-refractivity contribution in [2.75, 3.05) is 13.7 Å². The number of esters is 1. The van der Waals surface area contributed by atoms with Gasteiger partial charge in [0, 0.05) is 0 Å². The van der Waals surface area contributed by atoms with Crippen molar-refractivity contribution in [2.24, 2.45) is 0 Å². The fraction of sp³-hybridized carbons (Fsp3) is 0.533. The molecule has 1 heterocycles. The minimum absolute atomic E-state index is 0.276. The summed E-state index contributed by atoms with van der Waals surface area (Å²) in [6, 6.07) is 9.82. The molecule has 2 rings (SSSR count). The molecule has 0 aromatic heterocycles. The van der Waals surface area contributed by atoms with E-state index in [1.54, 1.807) is 13.8 Å². The van der Waals surface area contributed by atoms with Gasteiger partial charge in [0.25, 0.3) is 0 Å². The van der Waals surface area contributed by atoms with Gasteiger partial charge in [0.2, 0.25) is 0 Å². The highest BCUT2D eigenvalue weighted by Crippen LogP contribution is 2.29. The Bertz CT molecular complexity index is 443. The highest BCUT2D eigenvalue weighted by molar-refractivity contribution is 5.75. The normalized spacial score (nSPS) is 24.6. The van der Waals surface area contributed by atoms with E-state index in [-0.39, 0.29) is 6.61 Å². The monoisotopic (exact) mass is 280 g/mol. The van der Waals surface area contributed by atoms with Crippen molar-refractivity contribution in [3.05, 3.63) is 35.9 Å². The molecule has 110 valence electrons. The minimum atomic E-state index is -0.806. The van der Waals surface area contributed by atoms with Crippen LogP contribution in [0.3, 0.4) is 0 Å². The van der Waals surface area contributed by atoms with Crippen LogP contribution in [0.15, 0.2) is 30.3 Å². The van der Waals surface area contributed by atoms with Crippen LogP contribution in [-0.2, 0) is 30.3 Å². The Labute approximate surface area is 118 Å². The molecule has 1 saturated heterocycles.